The van der Waals surface area contributed by atoms with Gasteiger partial charge in [-0.1, -0.05) is 13.8 Å². The first kappa shape index (κ1) is 12.9. The molecule has 0 fully saturated rings. The molecular weight excluding hydrogens is 202 g/mol. The van der Waals surface area contributed by atoms with Gasteiger partial charge in [0.1, 0.15) is 12.1 Å². The van der Waals surface area contributed by atoms with Crippen molar-refractivity contribution in [3.05, 3.63) is 18.1 Å². The Labute approximate surface area is 97.3 Å². The van der Waals surface area contributed by atoms with Crippen molar-refractivity contribution >= 4 is 5.82 Å². The number of aliphatic hydroxyl groups excluding tert-OH is 1. The van der Waals surface area contributed by atoms with Crippen molar-refractivity contribution in [3.8, 4) is 0 Å². The molecule has 1 N–H and O–H groups in total. The van der Waals surface area contributed by atoms with E-state index >= 15 is 0 Å². The molecule has 0 unspecified atom stereocenters. The van der Waals surface area contributed by atoms with E-state index in [1.54, 1.807) is 6.33 Å². The van der Waals surface area contributed by atoms with Gasteiger partial charge >= 0.3 is 0 Å². The van der Waals surface area contributed by atoms with Crippen LogP contribution < -0.4 is 4.90 Å². The maximum atomic E-state index is 9.32. The Hall–Kier alpha value is -1.16. The number of aliphatic hydroxyl groups is 1. The number of hydrogen-bond donors (Lipinski definition) is 1. The molecule has 0 aliphatic carbocycles. The average Bonchev–Trinajstić information content (AvgIpc) is 2.28. The third-order valence-corrected chi connectivity index (χ3v) is 2.90. The lowest BCUT2D eigenvalue weighted by atomic mass is 10.0. The van der Waals surface area contributed by atoms with Crippen molar-refractivity contribution in [2.75, 3.05) is 18.6 Å². The Bertz CT molecular complexity index is 350. The zero-order valence-corrected chi connectivity index (χ0v) is 10.7. The van der Waals surface area contributed by atoms with Crippen LogP contribution in [0, 0.1) is 0 Å². The van der Waals surface area contributed by atoms with E-state index in [1.165, 1.54) is 0 Å². The quantitative estimate of drug-likeness (QED) is 0.845. The molecule has 1 heterocycles. The molecule has 1 rings (SSSR count). The molecule has 90 valence electrons. The van der Waals surface area contributed by atoms with Gasteiger partial charge in [0.15, 0.2) is 0 Å². The monoisotopic (exact) mass is 223 g/mol. The lowest BCUT2D eigenvalue weighted by Crippen LogP contribution is -2.44. The second kappa shape index (κ2) is 4.78. The maximum absolute atomic E-state index is 9.32. The maximum Gasteiger partial charge on any atom is 0.132 e. The third kappa shape index (κ3) is 2.70. The lowest BCUT2D eigenvalue weighted by Gasteiger charge is -2.35. The van der Waals surface area contributed by atoms with E-state index in [-0.39, 0.29) is 12.1 Å². The summed E-state index contributed by atoms with van der Waals surface area (Å²) in [4.78, 5) is 10.4. The molecule has 0 radical (unpaired) electrons. The minimum Gasteiger partial charge on any atom is -0.394 e. The van der Waals surface area contributed by atoms with Crippen LogP contribution in [-0.4, -0.2) is 34.3 Å². The Balaban J connectivity index is 3.00. The van der Waals surface area contributed by atoms with Crippen LogP contribution in [0.15, 0.2) is 12.4 Å². The van der Waals surface area contributed by atoms with Crippen molar-refractivity contribution in [2.45, 2.75) is 39.2 Å². The molecule has 0 aliphatic rings. The summed E-state index contributed by atoms with van der Waals surface area (Å²) in [7, 11) is 1.93. The van der Waals surface area contributed by atoms with Crippen LogP contribution in [0.2, 0.25) is 0 Å². The topological polar surface area (TPSA) is 49.2 Å². The normalized spacial score (nSPS) is 11.9. The molecule has 0 saturated carbocycles. The molecule has 0 aromatic carbocycles. The molecule has 0 bridgehead atoms. The standard InChI is InChI=1S/C12H21N3O/c1-9(2)10-6-11(14-8-13-10)15(5)12(3,4)7-16/h6,8-9,16H,7H2,1-5H3. The van der Waals surface area contributed by atoms with Gasteiger partial charge in [-0.15, -0.1) is 0 Å². The smallest absolute Gasteiger partial charge is 0.132 e. The van der Waals surface area contributed by atoms with Gasteiger partial charge in [0.2, 0.25) is 0 Å². The summed E-state index contributed by atoms with van der Waals surface area (Å²) in [6.45, 7) is 8.24. The fraction of sp³-hybridized carbons (Fsp3) is 0.667. The van der Waals surface area contributed by atoms with Crippen LogP contribution >= 0.6 is 0 Å². The van der Waals surface area contributed by atoms with Crippen molar-refractivity contribution in [1.29, 1.82) is 0 Å². The highest BCUT2D eigenvalue weighted by Crippen LogP contribution is 2.22. The Morgan fingerprint density at radius 1 is 1.38 bits per heavy atom. The molecule has 1 aromatic heterocycles. The second-order valence-electron chi connectivity index (χ2n) is 4.99. The van der Waals surface area contributed by atoms with Gasteiger partial charge in [0, 0.05) is 18.8 Å². The van der Waals surface area contributed by atoms with Gasteiger partial charge in [0.25, 0.3) is 0 Å². The number of hydrogen-bond acceptors (Lipinski definition) is 4. The number of anilines is 1. The van der Waals surface area contributed by atoms with E-state index in [9.17, 15) is 5.11 Å². The summed E-state index contributed by atoms with van der Waals surface area (Å²) in [5, 5.41) is 9.32. The van der Waals surface area contributed by atoms with Gasteiger partial charge in [-0.2, -0.15) is 0 Å². The zero-order chi connectivity index (χ0) is 12.3. The first-order valence-corrected chi connectivity index (χ1v) is 5.55. The van der Waals surface area contributed by atoms with Crippen LogP contribution in [-0.2, 0) is 0 Å². The number of likely N-dealkylation sites (N-methyl/N-ethyl adjacent to an activating group) is 1. The van der Waals surface area contributed by atoms with Gasteiger partial charge in [-0.25, -0.2) is 9.97 Å². The van der Waals surface area contributed by atoms with Crippen molar-refractivity contribution < 1.29 is 5.11 Å². The number of nitrogens with zero attached hydrogens (tertiary/aromatic N) is 3. The van der Waals surface area contributed by atoms with Crippen LogP contribution in [0.25, 0.3) is 0 Å². The van der Waals surface area contributed by atoms with E-state index in [1.807, 2.05) is 31.9 Å². The lowest BCUT2D eigenvalue weighted by molar-refractivity contribution is 0.215. The van der Waals surface area contributed by atoms with Crippen LogP contribution in [0.5, 0.6) is 0 Å². The summed E-state index contributed by atoms with van der Waals surface area (Å²) >= 11 is 0. The zero-order valence-electron chi connectivity index (χ0n) is 10.7. The molecule has 0 aliphatic heterocycles. The van der Waals surface area contributed by atoms with Gasteiger partial charge < -0.3 is 10.0 Å². The van der Waals surface area contributed by atoms with Gasteiger partial charge in [-0.3, -0.25) is 0 Å². The fourth-order valence-corrected chi connectivity index (χ4v) is 1.28. The van der Waals surface area contributed by atoms with E-state index in [0.29, 0.717) is 5.92 Å². The molecule has 1 aromatic rings. The summed E-state index contributed by atoms with van der Waals surface area (Å²) in [6.07, 6.45) is 1.58. The van der Waals surface area contributed by atoms with E-state index in [2.05, 4.69) is 23.8 Å². The highest BCUT2D eigenvalue weighted by atomic mass is 16.3. The van der Waals surface area contributed by atoms with Crippen LogP contribution in [0.4, 0.5) is 5.82 Å². The van der Waals surface area contributed by atoms with E-state index < -0.39 is 0 Å². The Kier molecular flexibility index (Phi) is 3.86. The Morgan fingerprint density at radius 3 is 2.50 bits per heavy atom. The Morgan fingerprint density at radius 2 is 2.00 bits per heavy atom. The van der Waals surface area contributed by atoms with E-state index in [0.717, 1.165) is 11.5 Å². The molecule has 0 atom stereocenters. The largest absolute Gasteiger partial charge is 0.394 e. The minimum absolute atomic E-state index is 0.0878. The average molecular weight is 223 g/mol. The summed E-state index contributed by atoms with van der Waals surface area (Å²) in [5.74, 6) is 1.23. The fourth-order valence-electron chi connectivity index (χ4n) is 1.28. The van der Waals surface area contributed by atoms with Crippen molar-refractivity contribution in [3.63, 3.8) is 0 Å². The number of aromatic nitrogens is 2. The SMILES string of the molecule is CC(C)c1cc(N(C)C(C)(C)CO)ncn1. The molecule has 16 heavy (non-hydrogen) atoms. The molecular formula is C12H21N3O. The van der Waals surface area contributed by atoms with E-state index in [4.69, 9.17) is 0 Å². The van der Waals surface area contributed by atoms with Gasteiger partial charge in [0.05, 0.1) is 12.1 Å². The second-order valence-corrected chi connectivity index (χ2v) is 4.99. The van der Waals surface area contributed by atoms with Crippen LogP contribution in [0.1, 0.15) is 39.3 Å². The first-order valence-electron chi connectivity index (χ1n) is 5.55. The van der Waals surface area contributed by atoms with Crippen LogP contribution in [0.3, 0.4) is 0 Å². The minimum atomic E-state index is -0.317. The highest BCUT2D eigenvalue weighted by Gasteiger charge is 2.24. The predicted octanol–water partition coefficient (Wildman–Crippen LogP) is 1.81. The van der Waals surface area contributed by atoms with Crippen molar-refractivity contribution in [1.82, 2.24) is 9.97 Å². The summed E-state index contributed by atoms with van der Waals surface area (Å²) < 4.78 is 0. The number of rotatable bonds is 4. The van der Waals surface area contributed by atoms with Gasteiger partial charge in [-0.05, 0) is 19.8 Å². The van der Waals surface area contributed by atoms with Crippen molar-refractivity contribution in [2.24, 2.45) is 0 Å². The first-order chi connectivity index (χ1) is 7.38. The summed E-state index contributed by atoms with van der Waals surface area (Å²) in [6, 6.07) is 1.97. The summed E-state index contributed by atoms with van der Waals surface area (Å²) in [5.41, 5.74) is 0.702. The molecule has 0 spiro atoms. The molecule has 0 amide bonds. The molecule has 4 nitrogen and oxygen atoms in total. The molecule has 4 heteroatoms. The third-order valence-electron chi connectivity index (χ3n) is 2.90. The molecule has 0 saturated heterocycles. The highest BCUT2D eigenvalue weighted by molar-refractivity contribution is 5.41. The predicted molar refractivity (Wildman–Crippen MR) is 65.7 cm³/mol.